The van der Waals surface area contributed by atoms with Gasteiger partial charge in [0.1, 0.15) is 0 Å². The summed E-state index contributed by atoms with van der Waals surface area (Å²) in [6.45, 7) is 7.20. The highest BCUT2D eigenvalue weighted by Gasteiger charge is 2.38. The Hall–Kier alpha value is -0.730. The van der Waals surface area contributed by atoms with Gasteiger partial charge < -0.3 is 11.1 Å². The lowest BCUT2D eigenvalue weighted by Gasteiger charge is -2.22. The minimum atomic E-state index is 0.0139. The van der Waals surface area contributed by atoms with E-state index in [2.05, 4.69) is 31.1 Å². The molecule has 3 unspecified atom stereocenters. The van der Waals surface area contributed by atoms with Crippen molar-refractivity contribution in [2.24, 2.45) is 28.5 Å². The first kappa shape index (κ1) is 12.7. The summed E-state index contributed by atoms with van der Waals surface area (Å²) >= 11 is 0. The van der Waals surface area contributed by atoms with Crippen LogP contribution >= 0.6 is 0 Å². The molecule has 0 heterocycles. The number of fused-ring (bicyclic) bond motifs is 2. The third-order valence-electron chi connectivity index (χ3n) is 4.17. The number of nitrogens with zero attached hydrogens (tertiary/aromatic N) is 1. The molecule has 2 saturated carbocycles. The van der Waals surface area contributed by atoms with Crippen LogP contribution < -0.4 is 11.1 Å². The van der Waals surface area contributed by atoms with E-state index in [-0.39, 0.29) is 5.54 Å². The summed E-state index contributed by atoms with van der Waals surface area (Å²) in [5.41, 5.74) is 5.87. The van der Waals surface area contributed by atoms with Crippen molar-refractivity contribution in [2.75, 3.05) is 6.54 Å². The number of nitrogens with one attached hydrogen (secondary N) is 1. The number of hydrogen-bond donors (Lipinski definition) is 2. The Morgan fingerprint density at radius 1 is 1.29 bits per heavy atom. The number of aliphatic imine (C=N–C) groups is 1. The maximum Gasteiger partial charge on any atom is 0.188 e. The number of rotatable bonds is 3. The van der Waals surface area contributed by atoms with Crippen LogP contribution in [-0.2, 0) is 0 Å². The van der Waals surface area contributed by atoms with Crippen molar-refractivity contribution in [3.8, 4) is 0 Å². The molecule has 0 saturated heterocycles. The van der Waals surface area contributed by atoms with Crippen LogP contribution in [0, 0.1) is 17.8 Å². The molecular formula is C14H27N3. The highest BCUT2D eigenvalue weighted by molar-refractivity contribution is 5.78. The molecule has 2 aliphatic carbocycles. The molecule has 0 aromatic rings. The molecule has 0 aromatic heterocycles. The third kappa shape index (κ3) is 3.62. The average Bonchev–Trinajstić information content (AvgIpc) is 2.75. The molecule has 0 radical (unpaired) electrons. The highest BCUT2D eigenvalue weighted by atomic mass is 15.1. The molecule has 0 aliphatic heterocycles. The number of guanidine groups is 1. The van der Waals surface area contributed by atoms with E-state index in [9.17, 15) is 0 Å². The fourth-order valence-electron chi connectivity index (χ4n) is 3.50. The van der Waals surface area contributed by atoms with Gasteiger partial charge in [0.2, 0.25) is 0 Å². The second kappa shape index (κ2) is 4.87. The quantitative estimate of drug-likeness (QED) is 0.585. The van der Waals surface area contributed by atoms with Gasteiger partial charge in [0.15, 0.2) is 5.96 Å². The Kier molecular flexibility index (Phi) is 3.64. The Morgan fingerprint density at radius 2 is 2.06 bits per heavy atom. The van der Waals surface area contributed by atoms with E-state index in [0.29, 0.717) is 5.96 Å². The van der Waals surface area contributed by atoms with Crippen molar-refractivity contribution in [1.29, 1.82) is 0 Å². The Labute approximate surface area is 105 Å². The van der Waals surface area contributed by atoms with E-state index in [0.717, 1.165) is 24.3 Å². The summed E-state index contributed by atoms with van der Waals surface area (Å²) < 4.78 is 0. The van der Waals surface area contributed by atoms with Crippen molar-refractivity contribution in [1.82, 2.24) is 5.32 Å². The average molecular weight is 237 g/mol. The van der Waals surface area contributed by atoms with E-state index < -0.39 is 0 Å². The smallest absolute Gasteiger partial charge is 0.188 e. The van der Waals surface area contributed by atoms with Gasteiger partial charge in [0, 0.05) is 12.1 Å². The molecule has 3 heteroatoms. The zero-order chi connectivity index (χ0) is 12.5. The Bertz CT molecular complexity index is 290. The molecule has 3 atom stereocenters. The fraction of sp³-hybridized carbons (Fsp3) is 0.929. The van der Waals surface area contributed by atoms with E-state index in [1.807, 2.05) is 0 Å². The van der Waals surface area contributed by atoms with Crippen LogP contribution in [0.15, 0.2) is 4.99 Å². The lowest BCUT2D eigenvalue weighted by molar-refractivity contribution is 0.318. The molecule has 2 aliphatic rings. The van der Waals surface area contributed by atoms with Crippen molar-refractivity contribution < 1.29 is 0 Å². The zero-order valence-corrected chi connectivity index (χ0v) is 11.5. The second-order valence-corrected chi connectivity index (χ2v) is 6.87. The fourth-order valence-corrected chi connectivity index (χ4v) is 3.50. The maximum absolute atomic E-state index is 5.86. The van der Waals surface area contributed by atoms with E-state index in [1.54, 1.807) is 0 Å². The van der Waals surface area contributed by atoms with Crippen molar-refractivity contribution >= 4 is 5.96 Å². The van der Waals surface area contributed by atoms with Crippen LogP contribution in [0.4, 0.5) is 0 Å². The summed E-state index contributed by atoms with van der Waals surface area (Å²) in [7, 11) is 0. The summed E-state index contributed by atoms with van der Waals surface area (Å²) in [6, 6.07) is 0. The van der Waals surface area contributed by atoms with Gasteiger partial charge in [-0.05, 0) is 64.2 Å². The first-order chi connectivity index (χ1) is 7.94. The van der Waals surface area contributed by atoms with Gasteiger partial charge in [0.25, 0.3) is 0 Å². The highest BCUT2D eigenvalue weighted by Crippen LogP contribution is 2.49. The molecule has 17 heavy (non-hydrogen) atoms. The van der Waals surface area contributed by atoms with Crippen LogP contribution in [0.3, 0.4) is 0 Å². The van der Waals surface area contributed by atoms with E-state index in [4.69, 9.17) is 5.73 Å². The second-order valence-electron chi connectivity index (χ2n) is 6.87. The normalized spacial score (nSPS) is 33.1. The van der Waals surface area contributed by atoms with Crippen molar-refractivity contribution in [3.63, 3.8) is 0 Å². The molecule has 3 N–H and O–H groups in total. The zero-order valence-electron chi connectivity index (χ0n) is 11.5. The van der Waals surface area contributed by atoms with E-state index in [1.165, 1.54) is 32.1 Å². The molecule has 0 aromatic carbocycles. The van der Waals surface area contributed by atoms with Gasteiger partial charge >= 0.3 is 0 Å². The topological polar surface area (TPSA) is 50.4 Å². The van der Waals surface area contributed by atoms with Gasteiger partial charge in [-0.3, -0.25) is 4.99 Å². The van der Waals surface area contributed by atoms with Crippen LogP contribution in [0.1, 0.15) is 52.9 Å². The molecule has 3 nitrogen and oxygen atoms in total. The summed E-state index contributed by atoms with van der Waals surface area (Å²) in [5.74, 6) is 3.58. The van der Waals surface area contributed by atoms with Crippen molar-refractivity contribution in [2.45, 2.75) is 58.4 Å². The number of nitrogens with two attached hydrogens (primary N) is 1. The summed E-state index contributed by atoms with van der Waals surface area (Å²) in [4.78, 5) is 4.44. The minimum absolute atomic E-state index is 0.0139. The molecular weight excluding hydrogens is 210 g/mol. The molecule has 2 fully saturated rings. The van der Waals surface area contributed by atoms with Crippen molar-refractivity contribution in [3.05, 3.63) is 0 Å². The predicted molar refractivity (Wildman–Crippen MR) is 72.9 cm³/mol. The van der Waals surface area contributed by atoms with Gasteiger partial charge in [0.05, 0.1) is 0 Å². The summed E-state index contributed by atoms with van der Waals surface area (Å²) in [6.07, 6.45) is 7.12. The van der Waals surface area contributed by atoms with Crippen LogP contribution in [0.5, 0.6) is 0 Å². The first-order valence-electron chi connectivity index (χ1n) is 7.02. The lowest BCUT2D eigenvalue weighted by atomic mass is 9.86. The predicted octanol–water partition coefficient (Wildman–Crippen LogP) is 2.52. The standard InChI is InChI=1S/C14H27N3/c1-14(2,3)17-13(15)16-7-6-12-9-10-4-5-11(12)8-10/h10-12H,4-9H2,1-3H3,(H3,15,16,17). The SMILES string of the molecule is CC(C)(C)NC(N)=NCCC1CC2CCC1C2. The van der Waals surface area contributed by atoms with E-state index >= 15 is 0 Å². The molecule has 98 valence electrons. The Balaban J connectivity index is 1.70. The van der Waals surface area contributed by atoms with Gasteiger partial charge in [-0.25, -0.2) is 0 Å². The lowest BCUT2D eigenvalue weighted by Crippen LogP contribution is -2.45. The summed E-state index contributed by atoms with van der Waals surface area (Å²) in [5, 5.41) is 3.21. The third-order valence-corrected chi connectivity index (χ3v) is 4.17. The minimum Gasteiger partial charge on any atom is -0.370 e. The van der Waals surface area contributed by atoms with Crippen LogP contribution in [-0.4, -0.2) is 18.0 Å². The van der Waals surface area contributed by atoms with Gasteiger partial charge in [-0.1, -0.05) is 6.42 Å². The van der Waals surface area contributed by atoms with Crippen LogP contribution in [0.2, 0.25) is 0 Å². The Morgan fingerprint density at radius 3 is 2.59 bits per heavy atom. The largest absolute Gasteiger partial charge is 0.370 e. The van der Waals surface area contributed by atoms with Gasteiger partial charge in [-0.2, -0.15) is 0 Å². The monoisotopic (exact) mass is 237 g/mol. The molecule has 0 spiro atoms. The number of hydrogen-bond acceptors (Lipinski definition) is 1. The molecule has 2 rings (SSSR count). The van der Waals surface area contributed by atoms with Gasteiger partial charge in [-0.15, -0.1) is 0 Å². The maximum atomic E-state index is 5.86. The first-order valence-corrected chi connectivity index (χ1v) is 7.02. The van der Waals surface area contributed by atoms with Crippen LogP contribution in [0.25, 0.3) is 0 Å². The molecule has 2 bridgehead atoms. The molecule has 0 amide bonds.